The van der Waals surface area contributed by atoms with Crippen molar-refractivity contribution < 1.29 is 0 Å². The third-order valence-corrected chi connectivity index (χ3v) is 5.34. The van der Waals surface area contributed by atoms with Crippen LogP contribution in [0.3, 0.4) is 0 Å². The topological polar surface area (TPSA) is 12.0 Å². The van der Waals surface area contributed by atoms with Crippen LogP contribution in [0.5, 0.6) is 0 Å². The van der Waals surface area contributed by atoms with Gasteiger partial charge in [-0.25, -0.2) is 0 Å². The Morgan fingerprint density at radius 1 is 1.19 bits per heavy atom. The summed E-state index contributed by atoms with van der Waals surface area (Å²) in [5, 5.41) is 5.82. The molecule has 1 nitrogen and oxygen atoms in total. The van der Waals surface area contributed by atoms with E-state index in [2.05, 4.69) is 84.7 Å². The molecule has 2 aromatic rings. The van der Waals surface area contributed by atoms with Crippen molar-refractivity contribution in [1.29, 1.82) is 0 Å². The first kappa shape index (κ1) is 16.7. The molecular formula is C18H24BrNS. The molecule has 1 heterocycles. The first-order valence-electron chi connectivity index (χ1n) is 7.49. The van der Waals surface area contributed by atoms with Crippen molar-refractivity contribution in [2.75, 3.05) is 6.54 Å². The summed E-state index contributed by atoms with van der Waals surface area (Å²) in [4.78, 5) is 1.36. The van der Waals surface area contributed by atoms with Gasteiger partial charge >= 0.3 is 0 Å². The second-order valence-corrected chi connectivity index (χ2v) is 8.28. The van der Waals surface area contributed by atoms with E-state index >= 15 is 0 Å². The van der Waals surface area contributed by atoms with E-state index in [-0.39, 0.29) is 11.5 Å². The molecule has 1 unspecified atom stereocenters. The van der Waals surface area contributed by atoms with Crippen LogP contribution in [0, 0.1) is 0 Å². The summed E-state index contributed by atoms with van der Waals surface area (Å²) in [6.07, 6.45) is 1.14. The molecule has 1 aromatic heterocycles. The highest BCUT2D eigenvalue weighted by atomic mass is 79.9. The van der Waals surface area contributed by atoms with Gasteiger partial charge in [0.1, 0.15) is 0 Å². The monoisotopic (exact) mass is 365 g/mol. The minimum absolute atomic E-state index is 0.205. The summed E-state index contributed by atoms with van der Waals surface area (Å²) in [5.74, 6) is 0. The van der Waals surface area contributed by atoms with Crippen molar-refractivity contribution in [3.8, 4) is 0 Å². The Kier molecular flexibility index (Phi) is 5.64. The van der Waals surface area contributed by atoms with Gasteiger partial charge in [-0.15, -0.1) is 11.3 Å². The van der Waals surface area contributed by atoms with Gasteiger partial charge < -0.3 is 5.32 Å². The van der Waals surface area contributed by atoms with E-state index in [0.717, 1.165) is 17.4 Å². The Morgan fingerprint density at radius 3 is 2.33 bits per heavy atom. The Morgan fingerprint density at radius 2 is 1.86 bits per heavy atom. The maximum Gasteiger partial charge on any atom is 0.0671 e. The minimum Gasteiger partial charge on any atom is -0.306 e. The standard InChI is InChI=1S/C18H24BrNS/c1-5-10-20-17(16-11-15(19)12-21-16)13-6-8-14(9-7-13)18(2,3)4/h6-9,11-12,17,20H,5,10H2,1-4H3. The Balaban J connectivity index is 2.28. The fourth-order valence-corrected chi connectivity index (χ4v) is 3.87. The molecule has 0 saturated heterocycles. The lowest BCUT2D eigenvalue weighted by molar-refractivity contribution is 0.585. The number of halogens is 1. The molecule has 0 amide bonds. The minimum atomic E-state index is 0.205. The van der Waals surface area contributed by atoms with Gasteiger partial charge in [0.15, 0.2) is 0 Å². The number of rotatable bonds is 5. The highest BCUT2D eigenvalue weighted by Crippen LogP contribution is 2.31. The Bertz CT molecular complexity index is 566. The third kappa shape index (κ3) is 4.41. The van der Waals surface area contributed by atoms with E-state index in [1.54, 1.807) is 11.3 Å². The molecule has 0 aliphatic rings. The van der Waals surface area contributed by atoms with Crippen molar-refractivity contribution in [1.82, 2.24) is 5.32 Å². The fourth-order valence-electron chi connectivity index (χ4n) is 2.33. The lowest BCUT2D eigenvalue weighted by Gasteiger charge is -2.22. The first-order chi connectivity index (χ1) is 9.91. The number of nitrogens with one attached hydrogen (secondary N) is 1. The van der Waals surface area contributed by atoms with Crippen LogP contribution in [0.1, 0.15) is 56.2 Å². The summed E-state index contributed by atoms with van der Waals surface area (Å²) in [5.41, 5.74) is 2.93. The molecule has 0 aliphatic carbocycles. The molecule has 1 N–H and O–H groups in total. The molecule has 114 valence electrons. The van der Waals surface area contributed by atoms with Crippen LogP contribution in [-0.2, 0) is 5.41 Å². The van der Waals surface area contributed by atoms with Gasteiger partial charge in [0.25, 0.3) is 0 Å². The lowest BCUT2D eigenvalue weighted by Crippen LogP contribution is -2.22. The van der Waals surface area contributed by atoms with Gasteiger partial charge in [0.2, 0.25) is 0 Å². The SMILES string of the molecule is CCCNC(c1ccc(C(C)(C)C)cc1)c1cc(Br)cs1. The summed E-state index contributed by atoms with van der Waals surface area (Å²) in [6.45, 7) is 10.00. The van der Waals surface area contributed by atoms with Crippen molar-refractivity contribution in [3.63, 3.8) is 0 Å². The molecule has 1 aromatic carbocycles. The molecule has 0 bridgehead atoms. The molecule has 1 atom stereocenters. The third-order valence-electron chi connectivity index (χ3n) is 3.58. The zero-order valence-electron chi connectivity index (χ0n) is 13.2. The number of hydrogen-bond donors (Lipinski definition) is 1. The van der Waals surface area contributed by atoms with Gasteiger partial charge in [-0.2, -0.15) is 0 Å². The van der Waals surface area contributed by atoms with Gasteiger partial charge in [-0.3, -0.25) is 0 Å². The molecule has 0 spiro atoms. The average molecular weight is 366 g/mol. The molecule has 0 fully saturated rings. The quantitative estimate of drug-likeness (QED) is 0.695. The van der Waals surface area contributed by atoms with Crippen molar-refractivity contribution >= 4 is 27.3 Å². The normalized spacial score (nSPS) is 13.4. The van der Waals surface area contributed by atoms with Crippen LogP contribution >= 0.6 is 27.3 Å². The van der Waals surface area contributed by atoms with Crippen LogP contribution in [0.4, 0.5) is 0 Å². The summed E-state index contributed by atoms with van der Waals surface area (Å²) in [7, 11) is 0. The lowest BCUT2D eigenvalue weighted by atomic mass is 9.86. The van der Waals surface area contributed by atoms with Gasteiger partial charge in [-0.05, 0) is 51.5 Å². The number of benzene rings is 1. The maximum absolute atomic E-state index is 3.66. The van der Waals surface area contributed by atoms with E-state index < -0.39 is 0 Å². The molecule has 2 rings (SSSR count). The van der Waals surface area contributed by atoms with Crippen molar-refractivity contribution in [3.05, 3.63) is 56.2 Å². The molecule has 0 radical (unpaired) electrons. The van der Waals surface area contributed by atoms with E-state index in [4.69, 9.17) is 0 Å². The summed E-state index contributed by atoms with van der Waals surface area (Å²) in [6, 6.07) is 11.6. The Hall–Kier alpha value is -0.640. The fraction of sp³-hybridized carbons (Fsp3) is 0.444. The van der Waals surface area contributed by atoms with Crippen molar-refractivity contribution in [2.45, 2.75) is 45.6 Å². The van der Waals surface area contributed by atoms with Gasteiger partial charge in [-0.1, -0.05) is 52.0 Å². The second kappa shape index (κ2) is 7.08. The van der Waals surface area contributed by atoms with Gasteiger partial charge in [0.05, 0.1) is 6.04 Å². The second-order valence-electron chi connectivity index (χ2n) is 6.43. The number of hydrogen-bond acceptors (Lipinski definition) is 2. The molecule has 3 heteroatoms. The van der Waals surface area contributed by atoms with E-state index in [0.29, 0.717) is 0 Å². The van der Waals surface area contributed by atoms with Crippen LogP contribution in [0.15, 0.2) is 40.2 Å². The van der Waals surface area contributed by atoms with Crippen molar-refractivity contribution in [2.24, 2.45) is 0 Å². The zero-order chi connectivity index (χ0) is 15.5. The average Bonchev–Trinajstić information content (AvgIpc) is 2.85. The highest BCUT2D eigenvalue weighted by molar-refractivity contribution is 9.10. The van der Waals surface area contributed by atoms with Crippen LogP contribution in [-0.4, -0.2) is 6.54 Å². The predicted molar refractivity (Wildman–Crippen MR) is 97.3 cm³/mol. The van der Waals surface area contributed by atoms with Crippen LogP contribution < -0.4 is 5.32 Å². The number of thiophene rings is 1. The molecule has 0 saturated carbocycles. The van der Waals surface area contributed by atoms with E-state index in [1.807, 2.05) is 0 Å². The highest BCUT2D eigenvalue weighted by Gasteiger charge is 2.17. The molecule has 0 aliphatic heterocycles. The predicted octanol–water partition coefficient (Wildman–Crippen LogP) is 5.90. The summed E-state index contributed by atoms with van der Waals surface area (Å²) < 4.78 is 1.16. The van der Waals surface area contributed by atoms with Crippen LogP contribution in [0.2, 0.25) is 0 Å². The maximum atomic E-state index is 3.66. The zero-order valence-corrected chi connectivity index (χ0v) is 15.6. The Labute approximate surface area is 140 Å². The van der Waals surface area contributed by atoms with Crippen LogP contribution in [0.25, 0.3) is 0 Å². The first-order valence-corrected chi connectivity index (χ1v) is 9.17. The smallest absolute Gasteiger partial charge is 0.0671 e. The van der Waals surface area contributed by atoms with E-state index in [1.165, 1.54) is 16.0 Å². The largest absolute Gasteiger partial charge is 0.306 e. The molecule has 21 heavy (non-hydrogen) atoms. The molecular weight excluding hydrogens is 342 g/mol. The van der Waals surface area contributed by atoms with E-state index in [9.17, 15) is 0 Å². The summed E-state index contributed by atoms with van der Waals surface area (Å²) >= 11 is 5.36. The van der Waals surface area contributed by atoms with Gasteiger partial charge in [0, 0.05) is 14.7 Å².